The monoisotopic (exact) mass is 429 g/mol. The first kappa shape index (κ1) is 24.6. The van der Waals surface area contributed by atoms with Gasteiger partial charge < -0.3 is 14.6 Å². The van der Waals surface area contributed by atoms with E-state index in [0.717, 1.165) is 24.3 Å². The lowest BCUT2D eigenvalue weighted by atomic mass is 10.1. The number of nitrogens with one attached hydrogen (secondary N) is 1. The second-order valence-electron chi connectivity index (χ2n) is 8.33. The summed E-state index contributed by atoms with van der Waals surface area (Å²) in [5, 5.41) is 8.92. The molecule has 0 saturated carbocycles. The van der Waals surface area contributed by atoms with Gasteiger partial charge >= 0.3 is 17.9 Å². The van der Waals surface area contributed by atoms with Crippen LogP contribution in [0.3, 0.4) is 0 Å². The number of carbonyl (C=O) groups excluding carboxylic acids is 2. The van der Waals surface area contributed by atoms with Crippen LogP contribution < -0.4 is 4.72 Å². The summed E-state index contributed by atoms with van der Waals surface area (Å²) in [6.45, 7) is 9.74. The van der Waals surface area contributed by atoms with Gasteiger partial charge in [-0.3, -0.25) is 9.59 Å². The normalized spacial score (nSPS) is 13.4. The van der Waals surface area contributed by atoms with Gasteiger partial charge in [0.15, 0.2) is 0 Å². The van der Waals surface area contributed by atoms with E-state index < -0.39 is 51.6 Å². The molecule has 1 aromatic rings. The molecule has 0 aliphatic heterocycles. The van der Waals surface area contributed by atoms with E-state index in [0.29, 0.717) is 0 Å². The second-order valence-corrected chi connectivity index (χ2v) is 10.0. The standard InChI is InChI=1S/C19H27NO8S/c1-18(2,3)27-15(21)11-14(17(24)28-19(4,5)6)20-29(25,26)13-9-7-12(8-10-13)16(22)23/h7-10,14,20H,11H2,1-6H3,(H,22,23)/t14-/m0/s1. The van der Waals surface area contributed by atoms with Crippen molar-refractivity contribution in [2.24, 2.45) is 0 Å². The Bertz CT molecular complexity index is 861. The predicted molar refractivity (Wildman–Crippen MR) is 104 cm³/mol. The summed E-state index contributed by atoms with van der Waals surface area (Å²) in [7, 11) is -4.24. The van der Waals surface area contributed by atoms with Crippen LogP contribution in [0, 0.1) is 0 Å². The molecule has 0 amide bonds. The van der Waals surface area contributed by atoms with Crippen molar-refractivity contribution < 1.29 is 37.4 Å². The number of sulfonamides is 1. The largest absolute Gasteiger partial charge is 0.478 e. The van der Waals surface area contributed by atoms with Gasteiger partial charge in [0, 0.05) is 0 Å². The van der Waals surface area contributed by atoms with E-state index in [1.807, 2.05) is 0 Å². The lowest BCUT2D eigenvalue weighted by molar-refractivity contribution is -0.164. The lowest BCUT2D eigenvalue weighted by Gasteiger charge is -2.25. The van der Waals surface area contributed by atoms with Crippen LogP contribution in [0.25, 0.3) is 0 Å². The van der Waals surface area contributed by atoms with Crippen LogP contribution in [0.5, 0.6) is 0 Å². The van der Waals surface area contributed by atoms with Crippen LogP contribution in [0.2, 0.25) is 0 Å². The molecule has 29 heavy (non-hydrogen) atoms. The third kappa shape index (κ3) is 8.61. The van der Waals surface area contributed by atoms with Gasteiger partial charge in [-0.2, -0.15) is 4.72 Å². The molecular formula is C19H27NO8S. The number of carboxylic acids is 1. The number of aromatic carboxylic acids is 1. The average Bonchev–Trinajstić information content (AvgIpc) is 2.50. The zero-order valence-corrected chi connectivity index (χ0v) is 18.1. The topological polar surface area (TPSA) is 136 Å². The van der Waals surface area contributed by atoms with E-state index in [1.54, 1.807) is 41.5 Å². The summed E-state index contributed by atoms with van der Waals surface area (Å²) >= 11 is 0. The summed E-state index contributed by atoms with van der Waals surface area (Å²) in [5.41, 5.74) is -1.82. The van der Waals surface area contributed by atoms with Crippen LogP contribution in [0.15, 0.2) is 29.2 Å². The molecule has 0 aliphatic carbocycles. The van der Waals surface area contributed by atoms with E-state index >= 15 is 0 Å². The molecule has 162 valence electrons. The molecule has 1 atom stereocenters. The van der Waals surface area contributed by atoms with Crippen molar-refractivity contribution in [1.29, 1.82) is 0 Å². The number of esters is 2. The lowest BCUT2D eigenvalue weighted by Crippen LogP contribution is -2.46. The smallest absolute Gasteiger partial charge is 0.335 e. The van der Waals surface area contributed by atoms with Crippen molar-refractivity contribution in [3.8, 4) is 0 Å². The quantitative estimate of drug-likeness (QED) is 0.629. The Labute approximate surface area is 170 Å². The SMILES string of the molecule is CC(C)(C)OC(=O)C[C@H](NS(=O)(=O)c1ccc(C(=O)O)cc1)C(=O)OC(C)(C)C. The third-order valence-corrected chi connectivity index (χ3v) is 4.68. The Kier molecular flexibility index (Phi) is 7.55. The zero-order chi connectivity index (χ0) is 22.6. The number of carbonyl (C=O) groups is 3. The molecule has 0 saturated heterocycles. The first-order valence-corrected chi connectivity index (χ1v) is 10.3. The van der Waals surface area contributed by atoms with Crippen molar-refractivity contribution in [1.82, 2.24) is 4.72 Å². The summed E-state index contributed by atoms with van der Waals surface area (Å²) in [4.78, 5) is 35.3. The van der Waals surface area contributed by atoms with Crippen LogP contribution in [0.4, 0.5) is 0 Å². The van der Waals surface area contributed by atoms with Crippen molar-refractivity contribution in [2.75, 3.05) is 0 Å². The van der Waals surface area contributed by atoms with Crippen LogP contribution in [-0.4, -0.2) is 48.7 Å². The second kappa shape index (κ2) is 8.91. The van der Waals surface area contributed by atoms with E-state index in [-0.39, 0.29) is 10.5 Å². The number of hydrogen-bond acceptors (Lipinski definition) is 7. The predicted octanol–water partition coefficient (Wildman–Crippen LogP) is 2.11. The maximum atomic E-state index is 12.6. The van der Waals surface area contributed by atoms with Gasteiger partial charge in [-0.15, -0.1) is 0 Å². The molecule has 1 rings (SSSR count). The zero-order valence-electron chi connectivity index (χ0n) is 17.3. The molecule has 1 aromatic carbocycles. The van der Waals surface area contributed by atoms with Gasteiger partial charge in [-0.25, -0.2) is 13.2 Å². The van der Waals surface area contributed by atoms with E-state index in [1.165, 1.54) is 0 Å². The Hall–Kier alpha value is -2.46. The van der Waals surface area contributed by atoms with Crippen LogP contribution in [-0.2, 0) is 29.1 Å². The van der Waals surface area contributed by atoms with E-state index in [9.17, 15) is 22.8 Å². The Morgan fingerprint density at radius 1 is 0.966 bits per heavy atom. The maximum Gasteiger partial charge on any atom is 0.335 e. The van der Waals surface area contributed by atoms with E-state index in [4.69, 9.17) is 14.6 Å². The fourth-order valence-corrected chi connectivity index (χ4v) is 3.31. The molecule has 0 radical (unpaired) electrons. The van der Waals surface area contributed by atoms with Crippen molar-refractivity contribution in [3.05, 3.63) is 29.8 Å². The van der Waals surface area contributed by atoms with Gasteiger partial charge in [0.25, 0.3) is 0 Å². The van der Waals surface area contributed by atoms with Gasteiger partial charge in [0.1, 0.15) is 17.2 Å². The molecule has 0 aliphatic rings. The fourth-order valence-electron chi connectivity index (χ4n) is 2.13. The van der Waals surface area contributed by atoms with Crippen molar-refractivity contribution in [3.63, 3.8) is 0 Å². The molecule has 0 bridgehead atoms. The Morgan fingerprint density at radius 3 is 1.86 bits per heavy atom. The maximum absolute atomic E-state index is 12.6. The molecule has 2 N–H and O–H groups in total. The molecule has 0 unspecified atom stereocenters. The number of rotatable bonds is 7. The van der Waals surface area contributed by atoms with Gasteiger partial charge in [-0.1, -0.05) is 0 Å². The van der Waals surface area contributed by atoms with E-state index in [2.05, 4.69) is 4.72 Å². The minimum atomic E-state index is -4.24. The average molecular weight is 429 g/mol. The van der Waals surface area contributed by atoms with Crippen molar-refractivity contribution >= 4 is 27.9 Å². The minimum absolute atomic E-state index is 0.0959. The molecule has 10 heteroatoms. The molecule has 9 nitrogen and oxygen atoms in total. The Morgan fingerprint density at radius 2 is 1.45 bits per heavy atom. The highest BCUT2D eigenvalue weighted by molar-refractivity contribution is 7.89. The van der Waals surface area contributed by atoms with Crippen LogP contribution in [0.1, 0.15) is 58.3 Å². The number of hydrogen-bond donors (Lipinski definition) is 2. The number of benzene rings is 1. The fraction of sp³-hybridized carbons (Fsp3) is 0.526. The molecule has 0 aromatic heterocycles. The molecule has 0 heterocycles. The van der Waals surface area contributed by atoms with Gasteiger partial charge in [-0.05, 0) is 65.8 Å². The molecule has 0 fully saturated rings. The highest BCUT2D eigenvalue weighted by Crippen LogP contribution is 2.16. The molecular weight excluding hydrogens is 402 g/mol. The van der Waals surface area contributed by atoms with Crippen molar-refractivity contribution in [2.45, 2.75) is 70.1 Å². The van der Waals surface area contributed by atoms with Crippen LogP contribution >= 0.6 is 0 Å². The molecule has 0 spiro atoms. The summed E-state index contributed by atoms with van der Waals surface area (Å²) < 4.78 is 37.8. The summed E-state index contributed by atoms with van der Waals surface area (Å²) in [6, 6.07) is 2.89. The highest BCUT2D eigenvalue weighted by Gasteiger charge is 2.33. The number of ether oxygens (including phenoxy) is 2. The highest BCUT2D eigenvalue weighted by atomic mass is 32.2. The minimum Gasteiger partial charge on any atom is -0.478 e. The Balaban J connectivity index is 3.12. The van der Waals surface area contributed by atoms with Gasteiger partial charge in [0.05, 0.1) is 16.9 Å². The summed E-state index contributed by atoms with van der Waals surface area (Å²) in [6.07, 6.45) is -0.571. The first-order chi connectivity index (χ1) is 13.0. The van der Waals surface area contributed by atoms with Gasteiger partial charge in [0.2, 0.25) is 10.0 Å². The number of carboxylic acid groups (broad SMARTS) is 1. The third-order valence-electron chi connectivity index (χ3n) is 3.19. The first-order valence-electron chi connectivity index (χ1n) is 8.80. The summed E-state index contributed by atoms with van der Waals surface area (Å²) in [5.74, 6) is -2.93.